The molecule has 2 N–H and O–H groups in total. The maximum atomic E-state index is 6.05. The zero-order valence-corrected chi connectivity index (χ0v) is 15.4. The Morgan fingerprint density at radius 2 is 1.88 bits per heavy atom. The predicted molar refractivity (Wildman–Crippen MR) is 95.5 cm³/mol. The van der Waals surface area contributed by atoms with Crippen molar-refractivity contribution in [3.05, 3.63) is 28.8 Å². The number of aromatic nitrogens is 2. The SMILES string of the molecule is C[C@@H](Oc1cc(B2OC(C)(C)C(C)(C)O2)cnc1N)c1nccs1. The van der Waals surface area contributed by atoms with E-state index in [0.717, 1.165) is 10.5 Å². The molecule has 0 amide bonds. The lowest BCUT2D eigenvalue weighted by atomic mass is 9.80. The Morgan fingerprint density at radius 3 is 2.46 bits per heavy atom. The van der Waals surface area contributed by atoms with Gasteiger partial charge in [-0.1, -0.05) is 0 Å². The van der Waals surface area contributed by atoms with E-state index in [1.165, 1.54) is 11.3 Å². The Hall–Kier alpha value is -1.64. The lowest BCUT2D eigenvalue weighted by Crippen LogP contribution is -2.41. The maximum Gasteiger partial charge on any atom is 0.496 e. The number of pyridine rings is 1. The fourth-order valence-electron chi connectivity index (χ4n) is 2.35. The van der Waals surface area contributed by atoms with Crippen LogP contribution in [0.25, 0.3) is 0 Å². The second-order valence-corrected chi connectivity index (χ2v) is 7.80. The summed E-state index contributed by atoms with van der Waals surface area (Å²) in [5, 5.41) is 2.80. The van der Waals surface area contributed by atoms with Crippen LogP contribution < -0.4 is 15.9 Å². The highest BCUT2D eigenvalue weighted by atomic mass is 32.1. The number of anilines is 1. The molecule has 1 aliphatic heterocycles. The van der Waals surface area contributed by atoms with E-state index in [0.29, 0.717) is 11.6 Å². The van der Waals surface area contributed by atoms with Crippen molar-refractivity contribution < 1.29 is 14.0 Å². The van der Waals surface area contributed by atoms with Gasteiger partial charge in [0.1, 0.15) is 11.1 Å². The summed E-state index contributed by atoms with van der Waals surface area (Å²) in [5.74, 6) is 0.837. The number of rotatable bonds is 4. The molecule has 1 atom stereocenters. The highest BCUT2D eigenvalue weighted by molar-refractivity contribution is 7.09. The summed E-state index contributed by atoms with van der Waals surface area (Å²) in [6.45, 7) is 9.98. The van der Waals surface area contributed by atoms with Gasteiger partial charge < -0.3 is 19.8 Å². The van der Waals surface area contributed by atoms with Crippen molar-refractivity contribution in [3.8, 4) is 5.75 Å². The zero-order valence-electron chi connectivity index (χ0n) is 14.6. The van der Waals surface area contributed by atoms with Gasteiger partial charge >= 0.3 is 7.12 Å². The minimum atomic E-state index is -0.499. The largest absolute Gasteiger partial charge is 0.496 e. The Morgan fingerprint density at radius 1 is 1.21 bits per heavy atom. The van der Waals surface area contributed by atoms with Crippen LogP contribution in [0.15, 0.2) is 23.8 Å². The molecule has 3 heterocycles. The molecule has 24 heavy (non-hydrogen) atoms. The number of nitrogens with two attached hydrogens (primary N) is 1. The predicted octanol–water partition coefficient (Wildman–Crippen LogP) is 2.56. The van der Waals surface area contributed by atoms with Gasteiger partial charge in [-0.2, -0.15) is 0 Å². The highest BCUT2D eigenvalue weighted by Crippen LogP contribution is 2.37. The van der Waals surface area contributed by atoms with Crippen LogP contribution in [-0.4, -0.2) is 28.3 Å². The van der Waals surface area contributed by atoms with Gasteiger partial charge in [0.15, 0.2) is 11.6 Å². The van der Waals surface area contributed by atoms with E-state index in [-0.39, 0.29) is 6.10 Å². The van der Waals surface area contributed by atoms with E-state index in [1.54, 1.807) is 12.4 Å². The highest BCUT2D eigenvalue weighted by Gasteiger charge is 2.52. The fraction of sp³-hybridized carbons (Fsp3) is 0.500. The van der Waals surface area contributed by atoms with Crippen molar-refractivity contribution in [2.45, 2.75) is 51.9 Å². The van der Waals surface area contributed by atoms with Crippen molar-refractivity contribution in [2.24, 2.45) is 0 Å². The maximum absolute atomic E-state index is 6.05. The summed E-state index contributed by atoms with van der Waals surface area (Å²) >= 11 is 1.54. The summed E-state index contributed by atoms with van der Waals surface area (Å²) in [7, 11) is -0.499. The normalized spacial score (nSPS) is 20.1. The Kier molecular flexibility index (Phi) is 4.31. The molecule has 0 aliphatic carbocycles. The van der Waals surface area contributed by atoms with Crippen LogP contribution in [0.3, 0.4) is 0 Å². The fourth-order valence-corrected chi connectivity index (χ4v) is 2.97. The van der Waals surface area contributed by atoms with Crippen molar-refractivity contribution >= 4 is 29.7 Å². The zero-order chi connectivity index (χ0) is 17.5. The van der Waals surface area contributed by atoms with Crippen molar-refractivity contribution in [1.29, 1.82) is 0 Å². The Labute approximate surface area is 146 Å². The first-order chi connectivity index (χ1) is 11.2. The number of thiazole rings is 1. The van der Waals surface area contributed by atoms with Crippen molar-refractivity contribution in [1.82, 2.24) is 9.97 Å². The quantitative estimate of drug-likeness (QED) is 0.857. The number of hydrogen-bond donors (Lipinski definition) is 1. The minimum absolute atomic E-state index is 0.206. The van der Waals surface area contributed by atoms with Gasteiger partial charge in [0.2, 0.25) is 0 Å². The van der Waals surface area contributed by atoms with Gasteiger partial charge in [-0.15, -0.1) is 11.3 Å². The molecule has 1 aliphatic rings. The molecule has 0 aromatic carbocycles. The van der Waals surface area contributed by atoms with E-state index < -0.39 is 18.3 Å². The molecule has 0 saturated carbocycles. The van der Waals surface area contributed by atoms with Gasteiger partial charge in [0.25, 0.3) is 0 Å². The van der Waals surface area contributed by atoms with Crippen LogP contribution in [0, 0.1) is 0 Å². The molecule has 1 fully saturated rings. The Bertz CT molecular complexity index is 705. The first-order valence-electron chi connectivity index (χ1n) is 7.87. The summed E-state index contributed by atoms with van der Waals surface area (Å²) < 4.78 is 18.0. The summed E-state index contributed by atoms with van der Waals surface area (Å²) in [6, 6.07) is 1.83. The standard InChI is InChI=1S/C16H22BN3O3S/c1-10(14-19-6-7-24-14)21-12-8-11(9-20-13(12)18)17-22-15(2,3)16(4,5)23-17/h6-10H,1-5H3,(H2,18,20)/t10-/m1/s1. The summed E-state index contributed by atoms with van der Waals surface area (Å²) in [4.78, 5) is 8.49. The molecule has 0 spiro atoms. The van der Waals surface area contributed by atoms with E-state index >= 15 is 0 Å². The smallest absolute Gasteiger partial charge is 0.480 e. The third-order valence-corrected chi connectivity index (χ3v) is 5.47. The number of hydrogen-bond acceptors (Lipinski definition) is 7. The third-order valence-electron chi connectivity index (χ3n) is 4.53. The van der Waals surface area contributed by atoms with Gasteiger partial charge in [-0.3, -0.25) is 0 Å². The molecule has 6 nitrogen and oxygen atoms in total. The lowest BCUT2D eigenvalue weighted by molar-refractivity contribution is 0.00578. The molecule has 1 saturated heterocycles. The number of ether oxygens (including phenoxy) is 1. The second-order valence-electron chi connectivity index (χ2n) is 6.87. The van der Waals surface area contributed by atoms with E-state index in [2.05, 4.69) is 9.97 Å². The van der Waals surface area contributed by atoms with Gasteiger partial charge in [0, 0.05) is 23.2 Å². The lowest BCUT2D eigenvalue weighted by Gasteiger charge is -2.32. The third kappa shape index (κ3) is 3.13. The summed E-state index contributed by atoms with van der Waals surface area (Å²) in [5.41, 5.74) is 5.93. The van der Waals surface area contributed by atoms with Gasteiger partial charge in [-0.05, 0) is 40.7 Å². The summed E-state index contributed by atoms with van der Waals surface area (Å²) in [6.07, 6.45) is 3.21. The van der Waals surface area contributed by atoms with Crippen LogP contribution in [0.4, 0.5) is 5.82 Å². The molecular weight excluding hydrogens is 325 g/mol. The monoisotopic (exact) mass is 347 g/mol. The number of nitrogens with zero attached hydrogens (tertiary/aromatic N) is 2. The van der Waals surface area contributed by atoms with Crippen LogP contribution in [0.5, 0.6) is 5.75 Å². The van der Waals surface area contributed by atoms with Crippen LogP contribution >= 0.6 is 11.3 Å². The average molecular weight is 347 g/mol. The van der Waals surface area contributed by atoms with Crippen LogP contribution in [0.1, 0.15) is 45.7 Å². The van der Waals surface area contributed by atoms with E-state index in [4.69, 9.17) is 19.8 Å². The van der Waals surface area contributed by atoms with Crippen molar-refractivity contribution in [3.63, 3.8) is 0 Å². The topological polar surface area (TPSA) is 79.5 Å². The van der Waals surface area contributed by atoms with Crippen LogP contribution in [-0.2, 0) is 9.31 Å². The molecule has 128 valence electrons. The van der Waals surface area contributed by atoms with Gasteiger partial charge in [0.05, 0.1) is 11.2 Å². The molecular formula is C16H22BN3O3S. The number of nitrogen functional groups attached to an aromatic ring is 1. The molecule has 0 radical (unpaired) electrons. The first kappa shape index (κ1) is 17.2. The molecule has 2 aromatic heterocycles. The van der Waals surface area contributed by atoms with Crippen LogP contribution in [0.2, 0.25) is 0 Å². The molecule has 8 heteroatoms. The van der Waals surface area contributed by atoms with E-state index in [1.807, 2.05) is 46.1 Å². The molecule has 3 rings (SSSR count). The average Bonchev–Trinajstić information content (AvgIpc) is 3.08. The first-order valence-corrected chi connectivity index (χ1v) is 8.75. The van der Waals surface area contributed by atoms with Gasteiger partial charge in [-0.25, -0.2) is 9.97 Å². The van der Waals surface area contributed by atoms with E-state index in [9.17, 15) is 0 Å². The van der Waals surface area contributed by atoms with Crippen molar-refractivity contribution in [2.75, 3.05) is 5.73 Å². The molecule has 2 aromatic rings. The minimum Gasteiger partial charge on any atom is -0.480 e. The second kappa shape index (κ2) is 6.02. The molecule has 0 bridgehead atoms. The Balaban J connectivity index is 1.82. The molecule has 0 unspecified atom stereocenters.